The number of nitrogens with one attached hydrogen (secondary N) is 1. The molecule has 1 N–H and O–H groups in total. The molecule has 1 aliphatic rings. The Morgan fingerprint density at radius 1 is 0.935 bits per heavy atom. The second-order valence-corrected chi connectivity index (χ2v) is 7.99. The van der Waals surface area contributed by atoms with Crippen LogP contribution in [0.4, 0.5) is 0 Å². The summed E-state index contributed by atoms with van der Waals surface area (Å²) < 4.78 is 11.3. The number of aromatic nitrogens is 2. The molecule has 5 rings (SSSR count). The van der Waals surface area contributed by atoms with Gasteiger partial charge in [-0.3, -0.25) is 4.90 Å². The van der Waals surface area contributed by atoms with E-state index in [0.29, 0.717) is 6.61 Å². The average molecular weight is 414 g/mol. The van der Waals surface area contributed by atoms with Crippen molar-refractivity contribution in [2.45, 2.75) is 25.5 Å². The van der Waals surface area contributed by atoms with Crippen LogP contribution >= 0.6 is 0 Å². The van der Waals surface area contributed by atoms with Crippen molar-refractivity contribution in [3.05, 3.63) is 89.7 Å². The maximum Gasteiger partial charge on any atom is 0.129 e. The Morgan fingerprint density at radius 2 is 1.68 bits per heavy atom. The number of ether oxygens (including phenoxy) is 2. The minimum atomic E-state index is 0.101. The molecule has 0 spiro atoms. The molecule has 31 heavy (non-hydrogen) atoms. The number of H-pyrrole nitrogens is 1. The molecule has 0 bridgehead atoms. The predicted octanol–water partition coefficient (Wildman–Crippen LogP) is 5.34. The molecule has 0 amide bonds. The highest BCUT2D eigenvalue weighted by Crippen LogP contribution is 2.33. The van der Waals surface area contributed by atoms with Crippen LogP contribution in [0.15, 0.2) is 72.8 Å². The van der Waals surface area contributed by atoms with E-state index in [2.05, 4.69) is 46.3 Å². The number of hydrogen-bond donors (Lipinski definition) is 1. The summed E-state index contributed by atoms with van der Waals surface area (Å²) in [7, 11) is 1.68. The fourth-order valence-electron chi connectivity index (χ4n) is 4.29. The van der Waals surface area contributed by atoms with Crippen molar-refractivity contribution in [1.29, 1.82) is 0 Å². The van der Waals surface area contributed by atoms with Gasteiger partial charge in [-0.25, -0.2) is 4.98 Å². The maximum absolute atomic E-state index is 5.98. The highest BCUT2D eigenvalue weighted by Gasteiger charge is 2.27. The van der Waals surface area contributed by atoms with E-state index in [1.165, 1.54) is 24.0 Å². The summed E-state index contributed by atoms with van der Waals surface area (Å²) in [6.07, 6.45) is 2.45. The highest BCUT2D eigenvalue weighted by molar-refractivity contribution is 5.77. The summed E-state index contributed by atoms with van der Waals surface area (Å²) in [5, 5.41) is 0. The topological polar surface area (TPSA) is 50.4 Å². The summed E-state index contributed by atoms with van der Waals surface area (Å²) >= 11 is 0. The largest absolute Gasteiger partial charge is 0.497 e. The molecular formula is C26H27N3O2. The first-order chi connectivity index (χ1) is 15.3. The van der Waals surface area contributed by atoms with Crippen LogP contribution in [0.2, 0.25) is 0 Å². The average Bonchev–Trinajstić information content (AvgIpc) is 3.49. The Labute approximate surface area is 182 Å². The second-order valence-electron chi connectivity index (χ2n) is 7.99. The van der Waals surface area contributed by atoms with Gasteiger partial charge in [0.15, 0.2) is 0 Å². The Balaban J connectivity index is 1.41. The molecule has 1 saturated heterocycles. The molecule has 1 unspecified atom stereocenters. The molecule has 1 fully saturated rings. The Hall–Kier alpha value is -3.31. The van der Waals surface area contributed by atoms with E-state index in [1.807, 2.05) is 36.4 Å². The van der Waals surface area contributed by atoms with Gasteiger partial charge in [-0.2, -0.15) is 0 Å². The molecule has 0 saturated carbocycles. The molecule has 1 aliphatic heterocycles. The van der Waals surface area contributed by atoms with Gasteiger partial charge >= 0.3 is 0 Å². The standard InChI is InChI=1S/C26H27N3O2/c1-30-22-13-14-23-24(17-22)28-26(27-23)25(29-15-5-6-16-29)20-9-11-21(12-10-20)31-18-19-7-3-2-4-8-19/h2-4,7-14,17,25H,5-6,15-16,18H2,1H3,(H,27,28). The van der Waals surface area contributed by atoms with Crippen LogP contribution < -0.4 is 9.47 Å². The zero-order chi connectivity index (χ0) is 21.0. The lowest BCUT2D eigenvalue weighted by atomic mass is 10.0. The van der Waals surface area contributed by atoms with E-state index < -0.39 is 0 Å². The SMILES string of the molecule is COc1ccc2[nH]c(C(c3ccc(OCc4ccccc4)cc3)N3CCCC3)nc2c1. The monoisotopic (exact) mass is 413 g/mol. The van der Waals surface area contributed by atoms with Crippen LogP contribution in [0, 0.1) is 0 Å². The normalized spacial score (nSPS) is 15.3. The van der Waals surface area contributed by atoms with E-state index in [1.54, 1.807) is 7.11 Å². The fourth-order valence-corrected chi connectivity index (χ4v) is 4.29. The molecule has 0 aliphatic carbocycles. The molecule has 1 aromatic heterocycles. The molecule has 0 radical (unpaired) electrons. The Bertz CT molecular complexity index is 1130. The summed E-state index contributed by atoms with van der Waals surface area (Å²) in [6.45, 7) is 2.73. The van der Waals surface area contributed by atoms with Gasteiger partial charge in [0.05, 0.1) is 24.2 Å². The number of imidazole rings is 1. The van der Waals surface area contributed by atoms with Crippen molar-refractivity contribution >= 4 is 11.0 Å². The van der Waals surface area contributed by atoms with Crippen molar-refractivity contribution in [3.63, 3.8) is 0 Å². The maximum atomic E-state index is 5.98. The number of hydrogen-bond acceptors (Lipinski definition) is 4. The van der Waals surface area contributed by atoms with Gasteiger partial charge in [0.2, 0.25) is 0 Å². The first kappa shape index (κ1) is 19.6. The first-order valence-electron chi connectivity index (χ1n) is 10.8. The molecule has 5 heteroatoms. The number of benzene rings is 3. The van der Waals surface area contributed by atoms with Gasteiger partial charge in [0.25, 0.3) is 0 Å². The highest BCUT2D eigenvalue weighted by atomic mass is 16.5. The van der Waals surface area contributed by atoms with Crippen LogP contribution in [0.3, 0.4) is 0 Å². The van der Waals surface area contributed by atoms with E-state index in [9.17, 15) is 0 Å². The third kappa shape index (κ3) is 4.28. The lowest BCUT2D eigenvalue weighted by molar-refractivity contribution is 0.272. The zero-order valence-electron chi connectivity index (χ0n) is 17.8. The molecule has 1 atom stereocenters. The van der Waals surface area contributed by atoms with Gasteiger partial charge in [0.1, 0.15) is 23.9 Å². The van der Waals surface area contributed by atoms with Gasteiger partial charge in [-0.05, 0) is 61.3 Å². The summed E-state index contributed by atoms with van der Waals surface area (Å²) in [5.41, 5.74) is 4.35. The minimum absolute atomic E-state index is 0.101. The molecule has 4 aromatic rings. The molecule has 2 heterocycles. The number of likely N-dealkylation sites (tertiary alicyclic amines) is 1. The summed E-state index contributed by atoms with van der Waals surface area (Å²) in [6, 6.07) is 24.8. The van der Waals surface area contributed by atoms with Crippen molar-refractivity contribution in [3.8, 4) is 11.5 Å². The van der Waals surface area contributed by atoms with Crippen molar-refractivity contribution in [2.24, 2.45) is 0 Å². The summed E-state index contributed by atoms with van der Waals surface area (Å²) in [4.78, 5) is 11.0. The quantitative estimate of drug-likeness (QED) is 0.445. The van der Waals surface area contributed by atoms with Crippen LogP contribution in [0.25, 0.3) is 11.0 Å². The number of aromatic amines is 1. The lowest BCUT2D eigenvalue weighted by Gasteiger charge is -2.26. The van der Waals surface area contributed by atoms with Gasteiger partial charge in [-0.1, -0.05) is 42.5 Å². The van der Waals surface area contributed by atoms with Crippen molar-refractivity contribution in [2.75, 3.05) is 20.2 Å². The van der Waals surface area contributed by atoms with Crippen LogP contribution in [-0.2, 0) is 6.61 Å². The number of methoxy groups -OCH3 is 1. The van der Waals surface area contributed by atoms with Gasteiger partial charge in [-0.15, -0.1) is 0 Å². The Kier molecular flexibility index (Phi) is 5.59. The number of rotatable bonds is 7. The molecule has 3 aromatic carbocycles. The molecular weight excluding hydrogens is 386 g/mol. The molecule has 5 nitrogen and oxygen atoms in total. The number of fused-ring (bicyclic) bond motifs is 1. The van der Waals surface area contributed by atoms with E-state index >= 15 is 0 Å². The van der Waals surface area contributed by atoms with E-state index in [0.717, 1.165) is 41.4 Å². The minimum Gasteiger partial charge on any atom is -0.497 e. The molecule has 158 valence electrons. The zero-order valence-corrected chi connectivity index (χ0v) is 17.8. The van der Waals surface area contributed by atoms with Crippen LogP contribution in [0.5, 0.6) is 11.5 Å². The second kappa shape index (κ2) is 8.82. The predicted molar refractivity (Wildman–Crippen MR) is 123 cm³/mol. The first-order valence-corrected chi connectivity index (χ1v) is 10.8. The third-order valence-corrected chi connectivity index (χ3v) is 5.92. The van der Waals surface area contributed by atoms with Crippen molar-refractivity contribution < 1.29 is 9.47 Å². The van der Waals surface area contributed by atoms with Crippen molar-refractivity contribution in [1.82, 2.24) is 14.9 Å². The van der Waals surface area contributed by atoms with E-state index in [-0.39, 0.29) is 6.04 Å². The lowest BCUT2D eigenvalue weighted by Crippen LogP contribution is -2.27. The van der Waals surface area contributed by atoms with Gasteiger partial charge < -0.3 is 14.5 Å². The smallest absolute Gasteiger partial charge is 0.129 e. The number of nitrogens with zero attached hydrogens (tertiary/aromatic N) is 2. The third-order valence-electron chi connectivity index (χ3n) is 5.92. The van der Waals surface area contributed by atoms with Crippen LogP contribution in [0.1, 0.15) is 35.8 Å². The summed E-state index contributed by atoms with van der Waals surface area (Å²) in [5.74, 6) is 2.67. The van der Waals surface area contributed by atoms with E-state index in [4.69, 9.17) is 14.5 Å². The van der Waals surface area contributed by atoms with Crippen LogP contribution in [-0.4, -0.2) is 35.1 Å². The Morgan fingerprint density at radius 3 is 2.42 bits per heavy atom. The fraction of sp³-hybridized carbons (Fsp3) is 0.269. The van der Waals surface area contributed by atoms with Gasteiger partial charge in [0, 0.05) is 6.07 Å².